The van der Waals surface area contributed by atoms with Crippen LogP contribution in [-0.2, 0) is 6.42 Å². The van der Waals surface area contributed by atoms with Crippen molar-refractivity contribution in [3.05, 3.63) is 23.4 Å². The summed E-state index contributed by atoms with van der Waals surface area (Å²) in [5.41, 5.74) is 0.159. The maximum Gasteiger partial charge on any atom is 0.335 e. The van der Waals surface area contributed by atoms with Crippen molar-refractivity contribution in [1.29, 1.82) is 0 Å². The summed E-state index contributed by atoms with van der Waals surface area (Å²) >= 11 is 0. The van der Waals surface area contributed by atoms with E-state index in [0.29, 0.717) is 18.8 Å². The fourth-order valence-corrected chi connectivity index (χ4v) is 2.09. The number of nitrogens with one attached hydrogen (secondary N) is 1. The highest BCUT2D eigenvalue weighted by Crippen LogP contribution is 2.16. The van der Waals surface area contributed by atoms with Crippen LogP contribution in [0.1, 0.15) is 56.1 Å². The number of anilines is 1. The molecule has 112 valence electrons. The second-order valence-electron chi connectivity index (χ2n) is 5.39. The van der Waals surface area contributed by atoms with Crippen LogP contribution in [0.15, 0.2) is 12.1 Å². The first-order valence-electron chi connectivity index (χ1n) is 7.08. The molecule has 0 bridgehead atoms. The molecular formula is C15H24N2O3. The first-order valence-corrected chi connectivity index (χ1v) is 7.08. The molecule has 1 rings (SSSR count). The quantitative estimate of drug-likeness (QED) is 0.682. The number of carboxylic acid groups (broad SMARTS) is 1. The van der Waals surface area contributed by atoms with E-state index in [2.05, 4.69) is 10.3 Å². The average Bonchev–Trinajstić information content (AvgIpc) is 2.36. The summed E-state index contributed by atoms with van der Waals surface area (Å²) in [5.74, 6) is -0.460. The molecule has 3 N–H and O–H groups in total. The van der Waals surface area contributed by atoms with Crippen LogP contribution in [0, 0.1) is 0 Å². The molecule has 0 saturated heterocycles. The molecule has 0 aromatic carbocycles. The van der Waals surface area contributed by atoms with Crippen molar-refractivity contribution in [2.75, 3.05) is 11.9 Å². The van der Waals surface area contributed by atoms with E-state index >= 15 is 0 Å². The minimum absolute atomic E-state index is 0.223. The fraction of sp³-hybridized carbons (Fsp3) is 0.600. The molecule has 1 aromatic rings. The van der Waals surface area contributed by atoms with Crippen LogP contribution in [0.3, 0.4) is 0 Å². The number of aliphatic hydroxyl groups is 1. The number of aromatic carboxylic acids is 1. The van der Waals surface area contributed by atoms with Crippen molar-refractivity contribution in [1.82, 2.24) is 4.98 Å². The Kier molecular flexibility index (Phi) is 5.95. The number of hydrogen-bond donors (Lipinski definition) is 3. The number of nitrogens with zero attached hydrogens (tertiary/aromatic N) is 1. The molecule has 1 atom stereocenters. The Morgan fingerprint density at radius 3 is 2.60 bits per heavy atom. The van der Waals surface area contributed by atoms with E-state index < -0.39 is 11.6 Å². The monoisotopic (exact) mass is 280 g/mol. The summed E-state index contributed by atoms with van der Waals surface area (Å²) in [6.07, 6.45) is 3.21. The Hall–Kier alpha value is -1.62. The topological polar surface area (TPSA) is 82.5 Å². The van der Waals surface area contributed by atoms with Crippen molar-refractivity contribution in [3.8, 4) is 0 Å². The van der Waals surface area contributed by atoms with E-state index in [1.54, 1.807) is 13.0 Å². The van der Waals surface area contributed by atoms with Crippen LogP contribution in [0.5, 0.6) is 0 Å². The van der Waals surface area contributed by atoms with Gasteiger partial charge in [-0.2, -0.15) is 0 Å². The lowest BCUT2D eigenvalue weighted by Gasteiger charge is -2.23. The zero-order chi connectivity index (χ0) is 15.2. The van der Waals surface area contributed by atoms with Gasteiger partial charge in [-0.1, -0.05) is 26.7 Å². The zero-order valence-corrected chi connectivity index (χ0v) is 12.4. The second kappa shape index (κ2) is 7.24. The number of carbonyl (C=O) groups is 1. The number of aromatic nitrogens is 1. The van der Waals surface area contributed by atoms with E-state index in [-0.39, 0.29) is 5.56 Å². The fourth-order valence-electron chi connectivity index (χ4n) is 2.09. The zero-order valence-electron chi connectivity index (χ0n) is 12.4. The van der Waals surface area contributed by atoms with Crippen LogP contribution < -0.4 is 5.32 Å². The van der Waals surface area contributed by atoms with Gasteiger partial charge in [-0.3, -0.25) is 0 Å². The van der Waals surface area contributed by atoms with Gasteiger partial charge in [0.2, 0.25) is 0 Å². The maximum absolute atomic E-state index is 11.1. The molecule has 0 saturated carbocycles. The highest BCUT2D eigenvalue weighted by molar-refractivity contribution is 5.88. The molecule has 0 spiro atoms. The van der Waals surface area contributed by atoms with Crippen LogP contribution in [0.4, 0.5) is 5.82 Å². The summed E-state index contributed by atoms with van der Waals surface area (Å²) in [4.78, 5) is 15.5. The third-order valence-electron chi connectivity index (χ3n) is 3.07. The van der Waals surface area contributed by atoms with Gasteiger partial charge in [0.05, 0.1) is 11.2 Å². The predicted molar refractivity (Wildman–Crippen MR) is 79.2 cm³/mol. The molecule has 1 aromatic heterocycles. The second-order valence-corrected chi connectivity index (χ2v) is 5.39. The highest BCUT2D eigenvalue weighted by Gasteiger charge is 2.19. The number of rotatable bonds is 8. The number of pyridine rings is 1. The molecule has 0 amide bonds. The number of carboxylic acids is 1. The summed E-state index contributed by atoms with van der Waals surface area (Å²) in [5, 5.41) is 22.3. The Morgan fingerprint density at radius 2 is 2.05 bits per heavy atom. The Bertz CT molecular complexity index is 458. The van der Waals surface area contributed by atoms with Crippen LogP contribution >= 0.6 is 0 Å². The van der Waals surface area contributed by atoms with Gasteiger partial charge < -0.3 is 15.5 Å². The lowest BCUT2D eigenvalue weighted by atomic mass is 10.0. The summed E-state index contributed by atoms with van der Waals surface area (Å²) < 4.78 is 0. The standard InChI is InChI=1S/C15H24N2O3/c1-4-6-12-8-11(14(18)19)9-13(17-12)16-10-15(3,20)7-5-2/h8-9,20H,4-7,10H2,1-3H3,(H,16,17)(H,18,19). The van der Waals surface area contributed by atoms with Gasteiger partial charge in [0.25, 0.3) is 0 Å². The molecular weight excluding hydrogens is 256 g/mol. The Balaban J connectivity index is 2.85. The van der Waals surface area contributed by atoms with Crippen LogP contribution in [0.2, 0.25) is 0 Å². The third kappa shape index (κ3) is 5.17. The van der Waals surface area contributed by atoms with Crippen LogP contribution in [0.25, 0.3) is 0 Å². The van der Waals surface area contributed by atoms with E-state index in [9.17, 15) is 9.90 Å². The Morgan fingerprint density at radius 1 is 1.35 bits per heavy atom. The molecule has 20 heavy (non-hydrogen) atoms. The number of aryl methyl sites for hydroxylation is 1. The third-order valence-corrected chi connectivity index (χ3v) is 3.07. The van der Waals surface area contributed by atoms with Gasteiger partial charge >= 0.3 is 5.97 Å². The van der Waals surface area contributed by atoms with Gasteiger partial charge in [0, 0.05) is 12.2 Å². The van der Waals surface area contributed by atoms with Crippen molar-refractivity contribution in [2.24, 2.45) is 0 Å². The van der Waals surface area contributed by atoms with Gasteiger partial charge in [-0.25, -0.2) is 9.78 Å². The van der Waals surface area contributed by atoms with E-state index in [0.717, 1.165) is 25.0 Å². The maximum atomic E-state index is 11.1. The minimum atomic E-state index is -0.965. The molecule has 0 fully saturated rings. The SMILES string of the molecule is CCCc1cc(C(=O)O)cc(NCC(C)(O)CCC)n1. The number of hydrogen-bond acceptors (Lipinski definition) is 4. The van der Waals surface area contributed by atoms with E-state index in [1.165, 1.54) is 6.07 Å². The van der Waals surface area contributed by atoms with E-state index in [4.69, 9.17) is 5.11 Å². The highest BCUT2D eigenvalue weighted by atomic mass is 16.4. The molecule has 0 radical (unpaired) electrons. The molecule has 5 heteroatoms. The summed E-state index contributed by atoms with van der Waals surface area (Å²) in [6.45, 7) is 6.14. The lowest BCUT2D eigenvalue weighted by molar-refractivity contribution is 0.0636. The van der Waals surface area contributed by atoms with Crippen LogP contribution in [-0.4, -0.2) is 33.3 Å². The van der Waals surface area contributed by atoms with Gasteiger partial charge in [0.15, 0.2) is 0 Å². The van der Waals surface area contributed by atoms with Crippen molar-refractivity contribution in [3.63, 3.8) is 0 Å². The van der Waals surface area contributed by atoms with Crippen molar-refractivity contribution in [2.45, 2.75) is 52.1 Å². The summed E-state index contributed by atoms with van der Waals surface area (Å²) in [7, 11) is 0. The molecule has 5 nitrogen and oxygen atoms in total. The predicted octanol–water partition coefficient (Wildman–Crippen LogP) is 2.70. The molecule has 0 aliphatic carbocycles. The van der Waals surface area contributed by atoms with Crippen molar-refractivity contribution < 1.29 is 15.0 Å². The smallest absolute Gasteiger partial charge is 0.335 e. The van der Waals surface area contributed by atoms with Crippen molar-refractivity contribution >= 4 is 11.8 Å². The van der Waals surface area contributed by atoms with Gasteiger partial charge in [-0.15, -0.1) is 0 Å². The lowest BCUT2D eigenvalue weighted by Crippen LogP contribution is -2.33. The van der Waals surface area contributed by atoms with E-state index in [1.807, 2.05) is 13.8 Å². The molecule has 1 unspecified atom stereocenters. The molecule has 1 heterocycles. The normalized spacial score (nSPS) is 13.8. The molecule has 0 aliphatic heterocycles. The first-order chi connectivity index (χ1) is 9.38. The Labute approximate surface area is 120 Å². The first kappa shape index (κ1) is 16.4. The average molecular weight is 280 g/mol. The molecule has 0 aliphatic rings. The van der Waals surface area contributed by atoms with Gasteiger partial charge in [0.1, 0.15) is 5.82 Å². The largest absolute Gasteiger partial charge is 0.478 e. The van der Waals surface area contributed by atoms with Gasteiger partial charge in [-0.05, 0) is 31.9 Å². The summed E-state index contributed by atoms with van der Waals surface area (Å²) in [6, 6.07) is 3.10. The minimum Gasteiger partial charge on any atom is -0.478 e.